The highest BCUT2D eigenvalue weighted by Gasteiger charge is 2.16. The number of nitrogens with zero attached hydrogens (tertiary/aromatic N) is 2. The molecule has 18 heavy (non-hydrogen) atoms. The van der Waals surface area contributed by atoms with Gasteiger partial charge >= 0.3 is 5.91 Å². The second-order valence-electron chi connectivity index (χ2n) is 4.21. The van der Waals surface area contributed by atoms with Crippen molar-refractivity contribution < 1.29 is 14.0 Å². The number of amides is 2. The van der Waals surface area contributed by atoms with Gasteiger partial charge in [-0.1, -0.05) is 0 Å². The Bertz CT molecular complexity index is 428. The van der Waals surface area contributed by atoms with Crippen LogP contribution in [0.3, 0.4) is 0 Å². The molecular weight excluding hydrogens is 236 g/mol. The molecule has 1 aromatic rings. The van der Waals surface area contributed by atoms with E-state index in [1.54, 1.807) is 32.1 Å². The number of carbonyl (C=O) groups excluding carboxylic acids is 2. The standard InChI is InChI=1S/C11H18N4O3/c1-14(2)9(16)7-15(3)6-8-4-5-18-10(8)11(17)13-12/h4-5H,6-7,12H2,1-3H3,(H,13,17). The van der Waals surface area contributed by atoms with Gasteiger partial charge in [0, 0.05) is 26.2 Å². The first-order chi connectivity index (χ1) is 8.45. The Morgan fingerprint density at radius 2 is 2.06 bits per heavy atom. The van der Waals surface area contributed by atoms with Gasteiger partial charge in [0.1, 0.15) is 0 Å². The Balaban J connectivity index is 2.65. The van der Waals surface area contributed by atoms with Gasteiger partial charge in [-0.15, -0.1) is 0 Å². The maximum absolute atomic E-state index is 11.5. The molecule has 2 amide bonds. The largest absolute Gasteiger partial charge is 0.459 e. The average Bonchev–Trinajstić information content (AvgIpc) is 2.75. The van der Waals surface area contributed by atoms with Crippen molar-refractivity contribution in [1.29, 1.82) is 0 Å². The van der Waals surface area contributed by atoms with Crippen LogP contribution in [0.4, 0.5) is 0 Å². The zero-order chi connectivity index (χ0) is 13.7. The van der Waals surface area contributed by atoms with E-state index in [0.29, 0.717) is 12.1 Å². The summed E-state index contributed by atoms with van der Waals surface area (Å²) in [6, 6.07) is 1.68. The molecule has 0 radical (unpaired) electrons. The molecule has 0 aliphatic heterocycles. The highest BCUT2D eigenvalue weighted by molar-refractivity contribution is 5.92. The first-order valence-electron chi connectivity index (χ1n) is 5.41. The Morgan fingerprint density at radius 1 is 1.39 bits per heavy atom. The van der Waals surface area contributed by atoms with Crippen LogP contribution in [0.15, 0.2) is 16.7 Å². The van der Waals surface area contributed by atoms with E-state index in [0.717, 1.165) is 0 Å². The van der Waals surface area contributed by atoms with Crippen LogP contribution >= 0.6 is 0 Å². The van der Waals surface area contributed by atoms with E-state index < -0.39 is 5.91 Å². The monoisotopic (exact) mass is 254 g/mol. The van der Waals surface area contributed by atoms with Crippen LogP contribution in [0, 0.1) is 0 Å². The SMILES string of the molecule is CN(CC(=O)N(C)C)Cc1ccoc1C(=O)NN. The van der Waals surface area contributed by atoms with Crippen molar-refractivity contribution in [2.75, 3.05) is 27.7 Å². The lowest BCUT2D eigenvalue weighted by Crippen LogP contribution is -2.35. The Hall–Kier alpha value is -1.86. The minimum Gasteiger partial charge on any atom is -0.459 e. The van der Waals surface area contributed by atoms with Crippen molar-refractivity contribution in [2.45, 2.75) is 6.54 Å². The fourth-order valence-electron chi connectivity index (χ4n) is 1.44. The molecule has 0 fully saturated rings. The molecule has 7 heteroatoms. The quantitative estimate of drug-likeness (QED) is 0.416. The van der Waals surface area contributed by atoms with Crippen LogP contribution in [0.2, 0.25) is 0 Å². The Labute approximate surface area is 105 Å². The first-order valence-corrected chi connectivity index (χ1v) is 5.41. The molecule has 100 valence electrons. The van der Waals surface area contributed by atoms with Crippen LogP contribution in [0.25, 0.3) is 0 Å². The summed E-state index contributed by atoms with van der Waals surface area (Å²) in [6.45, 7) is 0.695. The normalized spacial score (nSPS) is 10.5. The fraction of sp³-hybridized carbons (Fsp3) is 0.455. The van der Waals surface area contributed by atoms with E-state index in [9.17, 15) is 9.59 Å². The number of hydrogen-bond acceptors (Lipinski definition) is 5. The van der Waals surface area contributed by atoms with E-state index >= 15 is 0 Å². The molecule has 0 aromatic carbocycles. The minimum atomic E-state index is -0.484. The van der Waals surface area contributed by atoms with E-state index in [4.69, 9.17) is 10.3 Å². The van der Waals surface area contributed by atoms with Crippen LogP contribution in [-0.2, 0) is 11.3 Å². The molecule has 1 heterocycles. The molecule has 1 aromatic heterocycles. The summed E-state index contributed by atoms with van der Waals surface area (Å²) in [4.78, 5) is 26.2. The summed E-state index contributed by atoms with van der Waals surface area (Å²) < 4.78 is 5.06. The van der Waals surface area contributed by atoms with Crippen molar-refractivity contribution in [3.63, 3.8) is 0 Å². The fourth-order valence-corrected chi connectivity index (χ4v) is 1.44. The van der Waals surface area contributed by atoms with Gasteiger partial charge in [-0.25, -0.2) is 5.84 Å². The van der Waals surface area contributed by atoms with Gasteiger partial charge in [0.15, 0.2) is 5.76 Å². The topological polar surface area (TPSA) is 91.8 Å². The third kappa shape index (κ3) is 3.57. The average molecular weight is 254 g/mol. The van der Waals surface area contributed by atoms with Gasteiger partial charge in [0.2, 0.25) is 5.91 Å². The predicted molar refractivity (Wildman–Crippen MR) is 65.4 cm³/mol. The second kappa shape index (κ2) is 6.18. The van der Waals surface area contributed by atoms with E-state index in [1.165, 1.54) is 11.2 Å². The number of nitrogens with one attached hydrogen (secondary N) is 1. The van der Waals surface area contributed by atoms with Crippen LogP contribution in [-0.4, -0.2) is 49.3 Å². The molecule has 0 saturated heterocycles. The van der Waals surface area contributed by atoms with Gasteiger partial charge in [-0.2, -0.15) is 0 Å². The minimum absolute atomic E-state index is 0.00850. The molecule has 1 rings (SSSR count). The van der Waals surface area contributed by atoms with Crippen molar-refractivity contribution in [3.05, 3.63) is 23.7 Å². The molecule has 0 atom stereocenters. The van der Waals surface area contributed by atoms with Crippen molar-refractivity contribution in [3.8, 4) is 0 Å². The third-order valence-electron chi connectivity index (χ3n) is 2.43. The maximum atomic E-state index is 11.5. The third-order valence-corrected chi connectivity index (χ3v) is 2.43. The number of rotatable bonds is 5. The molecule has 0 bridgehead atoms. The number of likely N-dealkylation sites (N-methyl/N-ethyl adjacent to an activating group) is 2. The van der Waals surface area contributed by atoms with Crippen LogP contribution < -0.4 is 11.3 Å². The first kappa shape index (κ1) is 14.2. The molecule has 0 aliphatic rings. The van der Waals surface area contributed by atoms with Crippen LogP contribution in [0.1, 0.15) is 16.1 Å². The Kier molecular flexibility index (Phi) is 4.87. The Morgan fingerprint density at radius 3 is 2.61 bits per heavy atom. The van der Waals surface area contributed by atoms with Crippen molar-refractivity contribution in [2.24, 2.45) is 5.84 Å². The lowest BCUT2D eigenvalue weighted by Gasteiger charge is -2.18. The number of hydrogen-bond donors (Lipinski definition) is 2. The zero-order valence-corrected chi connectivity index (χ0v) is 10.8. The summed E-state index contributed by atoms with van der Waals surface area (Å²) in [7, 11) is 5.18. The van der Waals surface area contributed by atoms with E-state index in [-0.39, 0.29) is 18.2 Å². The lowest BCUT2D eigenvalue weighted by molar-refractivity contribution is -0.129. The molecule has 0 unspecified atom stereocenters. The second-order valence-corrected chi connectivity index (χ2v) is 4.21. The summed E-state index contributed by atoms with van der Waals surface area (Å²) in [5, 5.41) is 0. The van der Waals surface area contributed by atoms with Gasteiger partial charge in [-0.3, -0.25) is 19.9 Å². The predicted octanol–water partition coefficient (Wildman–Crippen LogP) is -0.597. The number of carbonyl (C=O) groups is 2. The number of nitrogen functional groups attached to an aromatic ring is 1. The smallest absolute Gasteiger partial charge is 0.301 e. The van der Waals surface area contributed by atoms with Gasteiger partial charge < -0.3 is 9.32 Å². The molecule has 0 spiro atoms. The molecular formula is C11H18N4O3. The molecule has 7 nitrogen and oxygen atoms in total. The zero-order valence-electron chi connectivity index (χ0n) is 10.8. The number of furan rings is 1. The molecule has 0 aliphatic carbocycles. The van der Waals surface area contributed by atoms with Crippen molar-refractivity contribution in [1.82, 2.24) is 15.2 Å². The van der Waals surface area contributed by atoms with Crippen molar-refractivity contribution >= 4 is 11.8 Å². The molecule has 3 N–H and O–H groups in total. The summed E-state index contributed by atoms with van der Waals surface area (Å²) in [5.74, 6) is 4.73. The van der Waals surface area contributed by atoms with Gasteiger partial charge in [-0.05, 0) is 13.1 Å². The lowest BCUT2D eigenvalue weighted by atomic mass is 10.2. The summed E-state index contributed by atoms with van der Waals surface area (Å²) in [5.41, 5.74) is 2.70. The maximum Gasteiger partial charge on any atom is 0.301 e. The highest BCUT2D eigenvalue weighted by atomic mass is 16.3. The van der Waals surface area contributed by atoms with Gasteiger partial charge in [0.05, 0.1) is 12.8 Å². The van der Waals surface area contributed by atoms with E-state index in [1.807, 2.05) is 5.43 Å². The number of nitrogens with two attached hydrogens (primary N) is 1. The summed E-state index contributed by atoms with van der Waals surface area (Å²) in [6.07, 6.45) is 1.42. The molecule has 0 saturated carbocycles. The van der Waals surface area contributed by atoms with Crippen LogP contribution in [0.5, 0.6) is 0 Å². The van der Waals surface area contributed by atoms with Gasteiger partial charge in [0.25, 0.3) is 0 Å². The summed E-state index contributed by atoms with van der Waals surface area (Å²) >= 11 is 0. The highest BCUT2D eigenvalue weighted by Crippen LogP contribution is 2.12. The number of hydrazine groups is 1. The van der Waals surface area contributed by atoms with E-state index in [2.05, 4.69) is 0 Å².